The van der Waals surface area contributed by atoms with E-state index in [4.69, 9.17) is 16.7 Å². The average Bonchev–Trinajstić information content (AvgIpc) is 2.64. The van der Waals surface area contributed by atoms with Crippen LogP contribution >= 0.6 is 11.6 Å². The predicted octanol–water partition coefficient (Wildman–Crippen LogP) is 1.25. The van der Waals surface area contributed by atoms with Crippen LogP contribution in [0.5, 0.6) is 0 Å². The highest BCUT2D eigenvalue weighted by Gasteiger charge is 2.24. The van der Waals surface area contributed by atoms with Crippen LogP contribution in [0.15, 0.2) is 6.07 Å². The Hall–Kier alpha value is -1.20. The normalized spacial score (nSPS) is 21.2. The molecular formula is C10H12ClN3O2. The van der Waals surface area contributed by atoms with E-state index in [1.807, 2.05) is 7.05 Å². The minimum Gasteiger partial charge on any atom is -0.477 e. The maximum Gasteiger partial charge on any atom is 0.354 e. The third kappa shape index (κ3) is 2.31. The summed E-state index contributed by atoms with van der Waals surface area (Å²) in [5.74, 6) is -0.354. The Morgan fingerprint density at radius 3 is 2.94 bits per heavy atom. The van der Waals surface area contributed by atoms with Gasteiger partial charge >= 0.3 is 5.97 Å². The first-order chi connectivity index (χ1) is 7.56. The van der Waals surface area contributed by atoms with Gasteiger partial charge in [0.05, 0.1) is 0 Å². The molecule has 1 atom stereocenters. The highest BCUT2D eigenvalue weighted by Crippen LogP contribution is 2.24. The molecule has 1 aliphatic rings. The van der Waals surface area contributed by atoms with Crippen molar-refractivity contribution in [3.8, 4) is 0 Å². The molecule has 0 bridgehead atoms. The molecule has 0 aromatic carbocycles. The van der Waals surface area contributed by atoms with Gasteiger partial charge in [0.15, 0.2) is 5.69 Å². The molecule has 1 unspecified atom stereocenters. The van der Waals surface area contributed by atoms with Gasteiger partial charge in [0.25, 0.3) is 0 Å². The van der Waals surface area contributed by atoms with E-state index in [0.29, 0.717) is 5.82 Å². The van der Waals surface area contributed by atoms with Crippen LogP contribution in [0.1, 0.15) is 28.7 Å². The largest absolute Gasteiger partial charge is 0.477 e. The highest BCUT2D eigenvalue weighted by molar-refractivity contribution is 6.29. The summed E-state index contributed by atoms with van der Waals surface area (Å²) in [6, 6.07) is 1.27. The number of aromatic nitrogens is 2. The molecule has 1 N–H and O–H groups in total. The second-order valence-electron chi connectivity index (χ2n) is 3.99. The fourth-order valence-corrected chi connectivity index (χ4v) is 2.06. The molecule has 0 aliphatic carbocycles. The van der Waals surface area contributed by atoms with Crippen LogP contribution in [-0.2, 0) is 0 Å². The summed E-state index contributed by atoms with van der Waals surface area (Å²) in [6.07, 6.45) is 0.940. The monoisotopic (exact) mass is 241 g/mol. The molecule has 0 spiro atoms. The van der Waals surface area contributed by atoms with Crippen LogP contribution in [0, 0.1) is 0 Å². The zero-order valence-electron chi connectivity index (χ0n) is 8.85. The zero-order valence-corrected chi connectivity index (χ0v) is 9.61. The fraction of sp³-hybridized carbons (Fsp3) is 0.500. The third-order valence-corrected chi connectivity index (χ3v) is 2.88. The smallest absolute Gasteiger partial charge is 0.354 e. The highest BCUT2D eigenvalue weighted by atomic mass is 35.5. The van der Waals surface area contributed by atoms with Crippen molar-refractivity contribution in [3.05, 3.63) is 22.7 Å². The summed E-state index contributed by atoms with van der Waals surface area (Å²) in [7, 11) is 2.02. The SMILES string of the molecule is CN1CCC(c2nc(Cl)cc(C(=O)O)n2)C1. The molecule has 0 amide bonds. The Morgan fingerprint density at radius 2 is 2.38 bits per heavy atom. The van der Waals surface area contributed by atoms with Crippen LogP contribution in [0.3, 0.4) is 0 Å². The first-order valence-electron chi connectivity index (χ1n) is 5.02. The number of halogens is 1. The van der Waals surface area contributed by atoms with Gasteiger partial charge in [-0.1, -0.05) is 11.6 Å². The van der Waals surface area contributed by atoms with Crippen molar-refractivity contribution >= 4 is 17.6 Å². The Kier molecular flexibility index (Phi) is 3.07. The predicted molar refractivity (Wildman–Crippen MR) is 58.9 cm³/mol. The van der Waals surface area contributed by atoms with Crippen LogP contribution in [0.2, 0.25) is 5.15 Å². The van der Waals surface area contributed by atoms with Crippen LogP contribution in [0.25, 0.3) is 0 Å². The summed E-state index contributed by atoms with van der Waals surface area (Å²) in [6.45, 7) is 1.82. The molecule has 0 saturated carbocycles. The van der Waals surface area contributed by atoms with Gasteiger partial charge in [-0.15, -0.1) is 0 Å². The lowest BCUT2D eigenvalue weighted by molar-refractivity contribution is 0.0689. The van der Waals surface area contributed by atoms with Crippen molar-refractivity contribution in [2.45, 2.75) is 12.3 Å². The van der Waals surface area contributed by atoms with Gasteiger partial charge in [-0.3, -0.25) is 0 Å². The summed E-state index contributed by atoms with van der Waals surface area (Å²) < 4.78 is 0. The average molecular weight is 242 g/mol. The lowest BCUT2D eigenvalue weighted by Crippen LogP contribution is -2.15. The number of carboxylic acid groups (broad SMARTS) is 1. The number of carboxylic acids is 1. The van der Waals surface area contributed by atoms with Crippen molar-refractivity contribution in [2.24, 2.45) is 0 Å². The van der Waals surface area contributed by atoms with E-state index < -0.39 is 5.97 Å². The Labute approximate surface area is 98.1 Å². The van der Waals surface area contributed by atoms with Gasteiger partial charge in [0.1, 0.15) is 11.0 Å². The van der Waals surface area contributed by atoms with Gasteiger partial charge in [0.2, 0.25) is 0 Å². The van der Waals surface area contributed by atoms with Crippen molar-refractivity contribution in [1.29, 1.82) is 0 Å². The van der Waals surface area contributed by atoms with E-state index in [9.17, 15) is 4.79 Å². The number of hydrogen-bond acceptors (Lipinski definition) is 4. The van der Waals surface area contributed by atoms with Gasteiger partial charge in [-0.05, 0) is 20.0 Å². The van der Waals surface area contributed by atoms with E-state index in [2.05, 4.69) is 14.9 Å². The first kappa shape index (κ1) is 11.3. The molecule has 5 nitrogen and oxygen atoms in total. The van der Waals surface area contributed by atoms with E-state index in [0.717, 1.165) is 19.5 Å². The molecule has 1 fully saturated rings. The molecule has 86 valence electrons. The maximum absolute atomic E-state index is 10.8. The summed E-state index contributed by atoms with van der Waals surface area (Å²) >= 11 is 5.78. The minimum absolute atomic E-state index is 0.0375. The van der Waals surface area contributed by atoms with Crippen LogP contribution in [-0.4, -0.2) is 46.1 Å². The van der Waals surface area contributed by atoms with Crippen LogP contribution in [0.4, 0.5) is 0 Å². The van der Waals surface area contributed by atoms with Gasteiger partial charge in [-0.2, -0.15) is 0 Å². The summed E-state index contributed by atoms with van der Waals surface area (Å²) in [5.41, 5.74) is -0.0375. The van der Waals surface area contributed by atoms with Crippen molar-refractivity contribution in [1.82, 2.24) is 14.9 Å². The number of rotatable bonds is 2. The Balaban J connectivity index is 2.30. The molecule has 1 saturated heterocycles. The van der Waals surface area contributed by atoms with Crippen molar-refractivity contribution in [3.63, 3.8) is 0 Å². The molecule has 1 aliphatic heterocycles. The fourth-order valence-electron chi connectivity index (χ4n) is 1.87. The number of aromatic carboxylic acids is 1. The zero-order chi connectivity index (χ0) is 11.7. The number of nitrogens with zero attached hydrogens (tertiary/aromatic N) is 3. The summed E-state index contributed by atoms with van der Waals surface area (Å²) in [4.78, 5) is 21.1. The first-order valence-corrected chi connectivity index (χ1v) is 5.40. The van der Waals surface area contributed by atoms with E-state index in [1.54, 1.807) is 0 Å². The van der Waals surface area contributed by atoms with E-state index in [1.165, 1.54) is 6.07 Å². The summed E-state index contributed by atoms with van der Waals surface area (Å²) in [5, 5.41) is 9.06. The van der Waals surface area contributed by atoms with Gasteiger partial charge in [0, 0.05) is 18.5 Å². The molecule has 1 aromatic heterocycles. The molecular weight excluding hydrogens is 230 g/mol. The molecule has 1 aromatic rings. The van der Waals surface area contributed by atoms with Crippen molar-refractivity contribution < 1.29 is 9.90 Å². The molecule has 2 rings (SSSR count). The van der Waals surface area contributed by atoms with Crippen molar-refractivity contribution in [2.75, 3.05) is 20.1 Å². The van der Waals surface area contributed by atoms with E-state index in [-0.39, 0.29) is 16.8 Å². The minimum atomic E-state index is -1.07. The van der Waals surface area contributed by atoms with Crippen LogP contribution < -0.4 is 0 Å². The Bertz CT molecular complexity index is 425. The topological polar surface area (TPSA) is 66.3 Å². The maximum atomic E-state index is 10.8. The number of carbonyl (C=O) groups is 1. The standard InChI is InChI=1S/C10H12ClN3O2/c1-14-3-2-6(5-14)9-12-7(10(15)16)4-8(11)13-9/h4,6H,2-3,5H2,1H3,(H,15,16). The number of likely N-dealkylation sites (N-methyl/N-ethyl adjacent to an activating group) is 1. The molecule has 2 heterocycles. The molecule has 0 radical (unpaired) electrons. The second kappa shape index (κ2) is 4.35. The Morgan fingerprint density at radius 1 is 1.62 bits per heavy atom. The third-order valence-electron chi connectivity index (χ3n) is 2.69. The second-order valence-corrected chi connectivity index (χ2v) is 4.37. The molecule has 16 heavy (non-hydrogen) atoms. The lowest BCUT2D eigenvalue weighted by Gasteiger charge is -2.09. The van der Waals surface area contributed by atoms with E-state index >= 15 is 0 Å². The number of hydrogen-bond donors (Lipinski definition) is 1. The molecule has 6 heteroatoms. The lowest BCUT2D eigenvalue weighted by atomic mass is 10.1. The number of likely N-dealkylation sites (tertiary alicyclic amines) is 1. The van der Waals surface area contributed by atoms with Gasteiger partial charge < -0.3 is 10.0 Å². The quantitative estimate of drug-likeness (QED) is 0.790. The van der Waals surface area contributed by atoms with Gasteiger partial charge in [-0.25, -0.2) is 14.8 Å².